The Kier molecular flexibility index (Phi) is 7.19. The van der Waals surface area contributed by atoms with Gasteiger partial charge < -0.3 is 9.84 Å². The van der Waals surface area contributed by atoms with Crippen molar-refractivity contribution in [2.45, 2.75) is 52.1 Å². The molecule has 0 aliphatic carbocycles. The lowest BCUT2D eigenvalue weighted by Gasteiger charge is -2.13. The Morgan fingerprint density at radius 3 is 2.37 bits per heavy atom. The van der Waals surface area contributed by atoms with Gasteiger partial charge in [0.15, 0.2) is 0 Å². The highest BCUT2D eigenvalue weighted by atomic mass is 16.5. The first kappa shape index (κ1) is 15.7. The third-order valence-electron chi connectivity index (χ3n) is 3.24. The number of carboxylic acids is 1. The summed E-state index contributed by atoms with van der Waals surface area (Å²) < 4.78 is 5.76. The maximum Gasteiger partial charge on any atom is 0.335 e. The van der Waals surface area contributed by atoms with Gasteiger partial charge in [0.05, 0.1) is 11.7 Å². The minimum atomic E-state index is -0.893. The van der Waals surface area contributed by atoms with Crippen molar-refractivity contribution in [1.82, 2.24) is 0 Å². The Labute approximate surface area is 115 Å². The van der Waals surface area contributed by atoms with Crippen LogP contribution in [0.5, 0.6) is 0 Å². The van der Waals surface area contributed by atoms with Gasteiger partial charge in [-0.25, -0.2) is 4.79 Å². The highest BCUT2D eigenvalue weighted by Crippen LogP contribution is 2.18. The summed E-state index contributed by atoms with van der Waals surface area (Å²) in [7, 11) is 0. The molecule has 19 heavy (non-hydrogen) atoms. The molecular formula is C16H24O3. The molecule has 0 amide bonds. The van der Waals surface area contributed by atoms with Crippen LogP contribution in [-0.4, -0.2) is 17.7 Å². The van der Waals surface area contributed by atoms with Crippen LogP contribution in [0.15, 0.2) is 24.3 Å². The van der Waals surface area contributed by atoms with E-state index in [0.717, 1.165) is 18.6 Å². The fourth-order valence-corrected chi connectivity index (χ4v) is 1.96. The zero-order chi connectivity index (χ0) is 14.1. The van der Waals surface area contributed by atoms with Crippen LogP contribution in [0.1, 0.15) is 68.0 Å². The van der Waals surface area contributed by atoms with Crippen LogP contribution in [-0.2, 0) is 4.74 Å². The minimum Gasteiger partial charge on any atom is -0.478 e. The van der Waals surface area contributed by atoms with Crippen molar-refractivity contribution in [3.05, 3.63) is 35.4 Å². The Balaban J connectivity index is 2.29. The smallest absolute Gasteiger partial charge is 0.335 e. The molecule has 0 aliphatic heterocycles. The van der Waals surface area contributed by atoms with E-state index in [9.17, 15) is 4.79 Å². The fraction of sp³-hybridized carbons (Fsp3) is 0.562. The predicted molar refractivity (Wildman–Crippen MR) is 76.5 cm³/mol. The number of carbonyl (C=O) groups is 1. The third kappa shape index (κ3) is 5.88. The summed E-state index contributed by atoms with van der Waals surface area (Å²) in [4.78, 5) is 10.7. The second kappa shape index (κ2) is 8.70. The van der Waals surface area contributed by atoms with Gasteiger partial charge in [-0.2, -0.15) is 0 Å². The van der Waals surface area contributed by atoms with E-state index >= 15 is 0 Å². The highest BCUT2D eigenvalue weighted by Gasteiger charge is 2.07. The van der Waals surface area contributed by atoms with Crippen molar-refractivity contribution in [3.63, 3.8) is 0 Å². The Hall–Kier alpha value is -1.35. The maximum absolute atomic E-state index is 10.7. The number of rotatable bonds is 9. The number of ether oxygens (including phenoxy) is 1. The summed E-state index contributed by atoms with van der Waals surface area (Å²) >= 11 is 0. The second-order valence-corrected chi connectivity index (χ2v) is 4.85. The van der Waals surface area contributed by atoms with Gasteiger partial charge in [-0.3, -0.25) is 0 Å². The molecule has 106 valence electrons. The van der Waals surface area contributed by atoms with Gasteiger partial charge in [-0.15, -0.1) is 0 Å². The molecule has 0 saturated carbocycles. The predicted octanol–water partition coefficient (Wildman–Crippen LogP) is 4.43. The summed E-state index contributed by atoms with van der Waals surface area (Å²) in [6, 6.07) is 6.90. The van der Waals surface area contributed by atoms with E-state index < -0.39 is 5.97 Å². The molecule has 1 rings (SSSR count). The van der Waals surface area contributed by atoms with E-state index in [0.29, 0.717) is 5.56 Å². The summed E-state index contributed by atoms with van der Waals surface area (Å²) in [5.74, 6) is -0.893. The number of benzene rings is 1. The molecule has 1 atom stereocenters. The van der Waals surface area contributed by atoms with E-state index in [1.807, 2.05) is 19.1 Å². The lowest BCUT2D eigenvalue weighted by Crippen LogP contribution is -2.03. The first-order valence-corrected chi connectivity index (χ1v) is 7.10. The van der Waals surface area contributed by atoms with Crippen LogP contribution >= 0.6 is 0 Å². The number of aromatic carboxylic acids is 1. The maximum atomic E-state index is 10.7. The van der Waals surface area contributed by atoms with Crippen molar-refractivity contribution >= 4 is 5.97 Å². The van der Waals surface area contributed by atoms with Crippen LogP contribution in [0.25, 0.3) is 0 Å². The molecular weight excluding hydrogens is 240 g/mol. The van der Waals surface area contributed by atoms with Crippen LogP contribution in [0.2, 0.25) is 0 Å². The Morgan fingerprint density at radius 2 is 1.79 bits per heavy atom. The molecule has 0 aromatic heterocycles. The zero-order valence-electron chi connectivity index (χ0n) is 11.9. The molecule has 1 unspecified atom stereocenters. The summed E-state index contributed by atoms with van der Waals surface area (Å²) in [6.07, 6.45) is 6.17. The van der Waals surface area contributed by atoms with Crippen molar-refractivity contribution in [3.8, 4) is 0 Å². The first-order valence-electron chi connectivity index (χ1n) is 7.10. The average Bonchev–Trinajstić information content (AvgIpc) is 2.42. The number of hydrogen-bond acceptors (Lipinski definition) is 2. The van der Waals surface area contributed by atoms with E-state index in [-0.39, 0.29) is 6.10 Å². The topological polar surface area (TPSA) is 46.5 Å². The minimum absolute atomic E-state index is 0.0222. The SMILES string of the molecule is CCCCCCCOC(C)c1ccc(C(=O)O)cc1. The van der Waals surface area contributed by atoms with Crippen molar-refractivity contribution in [2.75, 3.05) is 6.61 Å². The monoisotopic (exact) mass is 264 g/mol. The van der Waals surface area contributed by atoms with Crippen molar-refractivity contribution < 1.29 is 14.6 Å². The average molecular weight is 264 g/mol. The van der Waals surface area contributed by atoms with Crippen LogP contribution in [0.4, 0.5) is 0 Å². The largest absolute Gasteiger partial charge is 0.478 e. The van der Waals surface area contributed by atoms with E-state index in [2.05, 4.69) is 6.92 Å². The normalized spacial score (nSPS) is 12.3. The van der Waals surface area contributed by atoms with Crippen LogP contribution < -0.4 is 0 Å². The van der Waals surface area contributed by atoms with E-state index in [4.69, 9.17) is 9.84 Å². The Morgan fingerprint density at radius 1 is 1.16 bits per heavy atom. The molecule has 3 heteroatoms. The number of carboxylic acid groups (broad SMARTS) is 1. The van der Waals surface area contributed by atoms with Gasteiger partial charge in [0.25, 0.3) is 0 Å². The molecule has 0 heterocycles. The second-order valence-electron chi connectivity index (χ2n) is 4.85. The highest BCUT2D eigenvalue weighted by molar-refractivity contribution is 5.87. The molecule has 0 spiro atoms. The molecule has 1 N–H and O–H groups in total. The summed E-state index contributed by atoms with van der Waals surface area (Å²) in [5.41, 5.74) is 1.34. The lowest BCUT2D eigenvalue weighted by molar-refractivity contribution is 0.0625. The number of hydrogen-bond donors (Lipinski definition) is 1. The molecule has 1 aromatic carbocycles. The molecule has 0 fully saturated rings. The van der Waals surface area contributed by atoms with Gasteiger partial charge in [-0.05, 0) is 31.0 Å². The summed E-state index contributed by atoms with van der Waals surface area (Å²) in [6.45, 7) is 4.98. The van der Waals surface area contributed by atoms with Crippen molar-refractivity contribution in [2.24, 2.45) is 0 Å². The van der Waals surface area contributed by atoms with Gasteiger partial charge >= 0.3 is 5.97 Å². The molecule has 0 saturated heterocycles. The molecule has 1 aromatic rings. The quantitative estimate of drug-likeness (QED) is 0.671. The van der Waals surface area contributed by atoms with E-state index in [1.54, 1.807) is 12.1 Å². The third-order valence-corrected chi connectivity index (χ3v) is 3.24. The number of unbranched alkanes of at least 4 members (excludes halogenated alkanes) is 4. The van der Waals surface area contributed by atoms with Gasteiger partial charge in [0.2, 0.25) is 0 Å². The fourth-order valence-electron chi connectivity index (χ4n) is 1.96. The van der Waals surface area contributed by atoms with E-state index in [1.165, 1.54) is 25.7 Å². The molecule has 0 aliphatic rings. The molecule has 3 nitrogen and oxygen atoms in total. The Bertz CT molecular complexity index is 370. The van der Waals surface area contributed by atoms with Gasteiger partial charge in [-0.1, -0.05) is 44.7 Å². The first-order chi connectivity index (χ1) is 9.15. The molecule has 0 radical (unpaired) electrons. The zero-order valence-corrected chi connectivity index (χ0v) is 11.9. The van der Waals surface area contributed by atoms with Crippen LogP contribution in [0.3, 0.4) is 0 Å². The molecule has 0 bridgehead atoms. The van der Waals surface area contributed by atoms with Gasteiger partial charge in [0.1, 0.15) is 0 Å². The van der Waals surface area contributed by atoms with Crippen molar-refractivity contribution in [1.29, 1.82) is 0 Å². The summed E-state index contributed by atoms with van der Waals surface area (Å²) in [5, 5.41) is 8.83. The van der Waals surface area contributed by atoms with Gasteiger partial charge in [0, 0.05) is 6.61 Å². The standard InChI is InChI=1S/C16H24O3/c1-3-4-5-6-7-12-19-13(2)14-8-10-15(11-9-14)16(17)18/h8-11,13H,3-7,12H2,1-2H3,(H,17,18). The lowest BCUT2D eigenvalue weighted by atomic mass is 10.1. The van der Waals surface area contributed by atoms with Crippen LogP contribution in [0, 0.1) is 0 Å².